The van der Waals surface area contributed by atoms with Crippen molar-refractivity contribution in [3.63, 3.8) is 0 Å². The van der Waals surface area contributed by atoms with Crippen LogP contribution in [0.1, 0.15) is 38.1 Å². The van der Waals surface area contributed by atoms with Gasteiger partial charge >= 0.3 is 5.97 Å². The summed E-state index contributed by atoms with van der Waals surface area (Å²) >= 11 is 9.36. The van der Waals surface area contributed by atoms with Crippen LogP contribution in [0.3, 0.4) is 0 Å². The van der Waals surface area contributed by atoms with Crippen molar-refractivity contribution in [3.8, 4) is 0 Å². The number of hydrogen-bond donors (Lipinski definition) is 0. The van der Waals surface area contributed by atoms with Gasteiger partial charge in [-0.25, -0.2) is 9.78 Å². The quantitative estimate of drug-likeness (QED) is 0.344. The van der Waals surface area contributed by atoms with Crippen LogP contribution in [0.4, 0.5) is 5.82 Å². The number of ether oxygens (including phenoxy) is 1. The minimum absolute atomic E-state index is 0.0476. The van der Waals surface area contributed by atoms with Crippen LogP contribution in [0.2, 0.25) is 5.02 Å². The molecular weight excluding hydrogens is 512 g/mol. The number of fused-ring (bicyclic) bond motifs is 2. The molecule has 1 atom stereocenters. The average molecular weight is 526 g/mol. The number of rotatable bonds is 3. The van der Waals surface area contributed by atoms with Gasteiger partial charge in [-0.05, 0) is 48.0 Å². The number of nitrogens with zero attached hydrogens (tertiary/aromatic N) is 2. The number of halogens is 2. The van der Waals surface area contributed by atoms with E-state index in [9.17, 15) is 14.4 Å². The summed E-state index contributed by atoms with van der Waals surface area (Å²) in [6.45, 7) is 0. The normalized spacial score (nSPS) is 15.1. The molecule has 3 heterocycles. The third-order valence-electron chi connectivity index (χ3n) is 5.44. The van der Waals surface area contributed by atoms with Crippen molar-refractivity contribution in [3.05, 3.63) is 103 Å². The van der Waals surface area contributed by atoms with E-state index in [0.717, 1.165) is 0 Å². The van der Waals surface area contributed by atoms with Gasteiger partial charge in [0.25, 0.3) is 5.91 Å². The Labute approximate surface area is 200 Å². The maximum atomic E-state index is 13.6. The fourth-order valence-corrected chi connectivity index (χ4v) is 4.40. The summed E-state index contributed by atoms with van der Waals surface area (Å²) in [5.74, 6) is -0.726. The molecule has 2 aromatic heterocycles. The lowest BCUT2D eigenvalue weighted by atomic mass is 9.97. The first-order valence-electron chi connectivity index (χ1n) is 9.78. The number of benzene rings is 2. The zero-order chi connectivity index (χ0) is 23.3. The van der Waals surface area contributed by atoms with Crippen LogP contribution >= 0.6 is 27.5 Å². The standard InChI is InChI=1S/C24H14BrClN2O5/c1-32-24(31)13-4-2-12(3-5-13)20-19-21(29)16-10-14(25)6-8-17(16)33-22(19)23(30)28(20)18-9-7-15(26)11-27-18/h2-11,20H,1H3. The predicted octanol–water partition coefficient (Wildman–Crippen LogP) is 5.14. The van der Waals surface area contributed by atoms with Crippen molar-refractivity contribution >= 4 is 56.2 Å². The summed E-state index contributed by atoms with van der Waals surface area (Å²) in [5, 5.41) is 0.754. The molecule has 1 aliphatic heterocycles. The molecule has 1 aliphatic rings. The highest BCUT2D eigenvalue weighted by atomic mass is 79.9. The predicted molar refractivity (Wildman–Crippen MR) is 126 cm³/mol. The van der Waals surface area contributed by atoms with E-state index in [-0.39, 0.29) is 16.8 Å². The maximum absolute atomic E-state index is 13.6. The number of hydrogen-bond acceptors (Lipinski definition) is 6. The van der Waals surface area contributed by atoms with E-state index in [0.29, 0.717) is 37.4 Å². The molecule has 9 heteroatoms. The van der Waals surface area contributed by atoms with Crippen LogP contribution in [0.5, 0.6) is 0 Å². The molecule has 4 aromatic rings. The molecule has 0 N–H and O–H groups in total. The fraction of sp³-hybridized carbons (Fsp3) is 0.0833. The number of anilines is 1. The Morgan fingerprint density at radius 2 is 1.88 bits per heavy atom. The zero-order valence-corrected chi connectivity index (χ0v) is 19.4. The number of amides is 1. The molecule has 164 valence electrons. The largest absolute Gasteiger partial charge is 0.465 e. The number of aromatic nitrogens is 1. The van der Waals surface area contributed by atoms with Gasteiger partial charge in [-0.3, -0.25) is 14.5 Å². The summed E-state index contributed by atoms with van der Waals surface area (Å²) < 4.78 is 11.4. The van der Waals surface area contributed by atoms with Gasteiger partial charge in [0.2, 0.25) is 5.76 Å². The first-order chi connectivity index (χ1) is 15.9. The van der Waals surface area contributed by atoms with E-state index in [1.54, 1.807) is 54.6 Å². The van der Waals surface area contributed by atoms with Crippen molar-refractivity contribution in [1.82, 2.24) is 4.98 Å². The number of carbonyl (C=O) groups is 2. The Balaban J connectivity index is 1.76. The number of methoxy groups -OCH3 is 1. The van der Waals surface area contributed by atoms with Crippen LogP contribution in [0.25, 0.3) is 11.0 Å². The SMILES string of the molecule is COC(=O)c1ccc(C2c3c(oc4ccc(Br)cc4c3=O)C(=O)N2c2ccc(Cl)cn2)cc1. The van der Waals surface area contributed by atoms with Gasteiger partial charge < -0.3 is 9.15 Å². The zero-order valence-electron chi connectivity index (χ0n) is 17.0. The average Bonchev–Trinajstić information content (AvgIpc) is 3.12. The van der Waals surface area contributed by atoms with E-state index >= 15 is 0 Å². The highest BCUT2D eigenvalue weighted by Crippen LogP contribution is 2.41. The molecular formula is C24H14BrClN2O5. The van der Waals surface area contributed by atoms with Crippen LogP contribution in [0.15, 0.2) is 74.5 Å². The molecule has 0 fully saturated rings. The molecule has 0 bridgehead atoms. The minimum Gasteiger partial charge on any atom is -0.465 e. The Hall–Kier alpha value is -3.49. The molecule has 0 saturated carbocycles. The number of carbonyl (C=O) groups excluding carboxylic acids is 2. The van der Waals surface area contributed by atoms with E-state index in [2.05, 4.69) is 20.9 Å². The van der Waals surface area contributed by atoms with E-state index in [1.807, 2.05) is 0 Å². The number of pyridine rings is 1. The second-order valence-electron chi connectivity index (χ2n) is 7.34. The molecule has 0 saturated heterocycles. The van der Waals surface area contributed by atoms with Crippen molar-refractivity contribution < 1.29 is 18.7 Å². The first kappa shape index (κ1) is 21.4. The molecule has 5 rings (SSSR count). The third-order valence-corrected chi connectivity index (χ3v) is 6.16. The van der Waals surface area contributed by atoms with Gasteiger partial charge in [-0.2, -0.15) is 0 Å². The first-order valence-corrected chi connectivity index (χ1v) is 11.0. The highest BCUT2D eigenvalue weighted by molar-refractivity contribution is 9.10. The Kier molecular flexibility index (Phi) is 5.26. The van der Waals surface area contributed by atoms with Gasteiger partial charge in [-0.15, -0.1) is 0 Å². The molecule has 33 heavy (non-hydrogen) atoms. The highest BCUT2D eigenvalue weighted by Gasteiger charge is 2.44. The summed E-state index contributed by atoms with van der Waals surface area (Å²) in [6, 6.07) is 13.9. The van der Waals surface area contributed by atoms with Gasteiger partial charge in [-0.1, -0.05) is 39.7 Å². The van der Waals surface area contributed by atoms with Gasteiger partial charge in [0, 0.05) is 10.7 Å². The summed E-state index contributed by atoms with van der Waals surface area (Å²) in [5.41, 5.74) is 1.14. The topological polar surface area (TPSA) is 89.7 Å². The van der Waals surface area contributed by atoms with Crippen LogP contribution in [0, 0.1) is 0 Å². The number of esters is 1. The second-order valence-corrected chi connectivity index (χ2v) is 8.69. The van der Waals surface area contributed by atoms with Crippen LogP contribution in [-0.2, 0) is 4.74 Å². The smallest absolute Gasteiger partial charge is 0.337 e. The summed E-state index contributed by atoms with van der Waals surface area (Å²) in [4.78, 5) is 44.6. The van der Waals surface area contributed by atoms with Crippen LogP contribution < -0.4 is 10.3 Å². The summed E-state index contributed by atoms with van der Waals surface area (Å²) in [6.07, 6.45) is 1.42. The lowest BCUT2D eigenvalue weighted by molar-refractivity contribution is 0.0600. The van der Waals surface area contributed by atoms with Crippen molar-refractivity contribution in [2.75, 3.05) is 12.0 Å². The van der Waals surface area contributed by atoms with Crippen LogP contribution in [-0.4, -0.2) is 24.0 Å². The monoisotopic (exact) mass is 524 g/mol. The molecule has 1 amide bonds. The minimum atomic E-state index is -0.812. The van der Waals surface area contributed by atoms with Crippen molar-refractivity contribution in [2.45, 2.75) is 6.04 Å². The Morgan fingerprint density at radius 3 is 2.55 bits per heavy atom. The molecule has 0 radical (unpaired) electrons. The fourth-order valence-electron chi connectivity index (χ4n) is 3.93. The molecule has 1 unspecified atom stereocenters. The molecule has 0 spiro atoms. The van der Waals surface area contributed by atoms with Crippen molar-refractivity contribution in [1.29, 1.82) is 0 Å². The lowest BCUT2D eigenvalue weighted by Crippen LogP contribution is -2.30. The van der Waals surface area contributed by atoms with E-state index in [4.69, 9.17) is 20.8 Å². The molecule has 0 aliphatic carbocycles. The Morgan fingerprint density at radius 1 is 1.12 bits per heavy atom. The summed E-state index contributed by atoms with van der Waals surface area (Å²) in [7, 11) is 1.30. The van der Waals surface area contributed by atoms with E-state index < -0.39 is 17.9 Å². The van der Waals surface area contributed by atoms with Crippen molar-refractivity contribution in [2.24, 2.45) is 0 Å². The third kappa shape index (κ3) is 3.51. The van der Waals surface area contributed by atoms with Gasteiger partial charge in [0.1, 0.15) is 11.4 Å². The maximum Gasteiger partial charge on any atom is 0.337 e. The molecule has 2 aromatic carbocycles. The van der Waals surface area contributed by atoms with Gasteiger partial charge in [0.15, 0.2) is 5.43 Å². The Bertz CT molecular complexity index is 1480. The molecule has 7 nitrogen and oxygen atoms in total. The van der Waals surface area contributed by atoms with Gasteiger partial charge in [0.05, 0.1) is 34.7 Å². The lowest BCUT2D eigenvalue weighted by Gasteiger charge is -2.24. The van der Waals surface area contributed by atoms with E-state index in [1.165, 1.54) is 18.2 Å². The second kappa shape index (κ2) is 8.13.